The lowest BCUT2D eigenvalue weighted by Gasteiger charge is -2.07. The molecular weight excluding hydrogens is 250 g/mol. The van der Waals surface area contributed by atoms with Gasteiger partial charge in [0.2, 0.25) is 11.8 Å². The van der Waals surface area contributed by atoms with Gasteiger partial charge in [-0.2, -0.15) is 0 Å². The van der Waals surface area contributed by atoms with E-state index in [0.717, 1.165) is 0 Å². The van der Waals surface area contributed by atoms with Crippen LogP contribution in [-0.4, -0.2) is 36.0 Å². The highest BCUT2D eigenvalue weighted by molar-refractivity contribution is 5.88. The van der Waals surface area contributed by atoms with Crippen LogP contribution in [0.2, 0.25) is 0 Å². The number of nitrogens with one attached hydrogen (secondary N) is 2. The first kappa shape index (κ1) is 14.7. The molecule has 0 atom stereocenters. The van der Waals surface area contributed by atoms with E-state index in [9.17, 15) is 14.4 Å². The smallest absolute Gasteiger partial charge is 0.335 e. The maximum atomic E-state index is 11.4. The number of carboxylic acid groups (broad SMARTS) is 1. The summed E-state index contributed by atoms with van der Waals surface area (Å²) in [4.78, 5) is 33.0. The van der Waals surface area contributed by atoms with Gasteiger partial charge in [-0.25, -0.2) is 4.79 Å². The van der Waals surface area contributed by atoms with Gasteiger partial charge < -0.3 is 21.5 Å². The van der Waals surface area contributed by atoms with Crippen LogP contribution in [0.25, 0.3) is 0 Å². The van der Waals surface area contributed by atoms with Gasteiger partial charge in [-0.3, -0.25) is 9.59 Å². The summed E-state index contributed by atoms with van der Waals surface area (Å²) >= 11 is 0. The van der Waals surface area contributed by atoms with Crippen LogP contribution in [0.15, 0.2) is 24.3 Å². The molecule has 0 unspecified atom stereocenters. The van der Waals surface area contributed by atoms with Crippen molar-refractivity contribution in [2.75, 3.05) is 13.1 Å². The number of aromatic carboxylic acids is 1. The third-order valence-electron chi connectivity index (χ3n) is 2.30. The molecule has 2 amide bonds. The van der Waals surface area contributed by atoms with Gasteiger partial charge in [0.05, 0.1) is 18.7 Å². The molecule has 0 saturated heterocycles. The standard InChI is InChI=1S/C12H15N3O4/c13-5-10(16)15-7-11(17)14-6-8-2-1-3-9(4-8)12(18)19/h1-4H,5-7,13H2,(H,14,17)(H,15,16)(H,18,19). The van der Waals surface area contributed by atoms with E-state index in [1.54, 1.807) is 12.1 Å². The highest BCUT2D eigenvalue weighted by Crippen LogP contribution is 2.04. The van der Waals surface area contributed by atoms with Crippen molar-refractivity contribution in [3.63, 3.8) is 0 Å². The van der Waals surface area contributed by atoms with Gasteiger partial charge in [0.15, 0.2) is 0 Å². The molecule has 0 aliphatic carbocycles. The van der Waals surface area contributed by atoms with Crippen LogP contribution in [0.1, 0.15) is 15.9 Å². The Morgan fingerprint density at radius 1 is 1.16 bits per heavy atom. The average Bonchev–Trinajstić information content (AvgIpc) is 2.42. The van der Waals surface area contributed by atoms with E-state index >= 15 is 0 Å². The Labute approximate surface area is 109 Å². The van der Waals surface area contributed by atoms with Crippen molar-refractivity contribution in [3.05, 3.63) is 35.4 Å². The highest BCUT2D eigenvalue weighted by atomic mass is 16.4. The monoisotopic (exact) mass is 265 g/mol. The summed E-state index contributed by atoms with van der Waals surface area (Å²) in [6.07, 6.45) is 0. The summed E-state index contributed by atoms with van der Waals surface area (Å²) < 4.78 is 0. The van der Waals surface area contributed by atoms with Crippen molar-refractivity contribution in [3.8, 4) is 0 Å². The fourth-order valence-electron chi connectivity index (χ4n) is 1.33. The Balaban J connectivity index is 2.44. The molecule has 0 aliphatic heterocycles. The van der Waals surface area contributed by atoms with E-state index in [4.69, 9.17) is 10.8 Å². The van der Waals surface area contributed by atoms with E-state index in [0.29, 0.717) is 5.56 Å². The molecule has 0 heterocycles. The van der Waals surface area contributed by atoms with E-state index in [1.165, 1.54) is 12.1 Å². The summed E-state index contributed by atoms with van der Waals surface area (Å²) in [5.74, 6) is -1.81. The summed E-state index contributed by atoms with van der Waals surface area (Å²) in [5.41, 5.74) is 5.89. The number of hydrogen-bond acceptors (Lipinski definition) is 4. The molecular formula is C12H15N3O4. The van der Waals surface area contributed by atoms with Gasteiger partial charge in [-0.05, 0) is 17.7 Å². The van der Waals surface area contributed by atoms with Crippen molar-refractivity contribution in [1.29, 1.82) is 0 Å². The third kappa shape index (κ3) is 5.17. The molecule has 7 nitrogen and oxygen atoms in total. The molecule has 0 radical (unpaired) electrons. The molecule has 0 aliphatic rings. The maximum Gasteiger partial charge on any atom is 0.335 e. The van der Waals surface area contributed by atoms with Crippen LogP contribution >= 0.6 is 0 Å². The van der Waals surface area contributed by atoms with Crippen molar-refractivity contribution < 1.29 is 19.5 Å². The molecule has 7 heteroatoms. The zero-order chi connectivity index (χ0) is 14.3. The minimum absolute atomic E-state index is 0.156. The Morgan fingerprint density at radius 2 is 1.89 bits per heavy atom. The predicted molar refractivity (Wildman–Crippen MR) is 67.3 cm³/mol. The topological polar surface area (TPSA) is 122 Å². The number of nitrogens with two attached hydrogens (primary N) is 1. The molecule has 0 aromatic heterocycles. The second-order valence-electron chi connectivity index (χ2n) is 3.76. The zero-order valence-electron chi connectivity index (χ0n) is 10.2. The van der Waals surface area contributed by atoms with E-state index in [1.807, 2.05) is 0 Å². The summed E-state index contributed by atoms with van der Waals surface area (Å²) in [5, 5.41) is 13.7. The van der Waals surface area contributed by atoms with Crippen LogP contribution in [0, 0.1) is 0 Å². The van der Waals surface area contributed by atoms with Gasteiger partial charge >= 0.3 is 5.97 Å². The van der Waals surface area contributed by atoms with Crippen LogP contribution in [0.5, 0.6) is 0 Å². The summed E-state index contributed by atoms with van der Waals surface area (Å²) in [7, 11) is 0. The number of benzene rings is 1. The average molecular weight is 265 g/mol. The molecule has 0 fully saturated rings. The Morgan fingerprint density at radius 3 is 2.53 bits per heavy atom. The molecule has 0 saturated carbocycles. The molecule has 1 rings (SSSR count). The second-order valence-corrected chi connectivity index (χ2v) is 3.76. The lowest BCUT2D eigenvalue weighted by molar-refractivity contribution is -0.125. The summed E-state index contributed by atoms with van der Waals surface area (Å²) in [6, 6.07) is 6.24. The Bertz CT molecular complexity index is 488. The molecule has 19 heavy (non-hydrogen) atoms. The Hall–Kier alpha value is -2.41. The van der Waals surface area contributed by atoms with Crippen molar-refractivity contribution >= 4 is 17.8 Å². The van der Waals surface area contributed by atoms with Crippen LogP contribution in [0.4, 0.5) is 0 Å². The maximum absolute atomic E-state index is 11.4. The van der Waals surface area contributed by atoms with Gasteiger partial charge in [0.25, 0.3) is 0 Å². The molecule has 5 N–H and O–H groups in total. The lowest BCUT2D eigenvalue weighted by Crippen LogP contribution is -2.39. The van der Waals surface area contributed by atoms with Crippen LogP contribution in [-0.2, 0) is 16.1 Å². The number of amides is 2. The summed E-state index contributed by atoms with van der Waals surface area (Å²) in [6.45, 7) is -0.138. The van der Waals surface area contributed by atoms with Crippen LogP contribution in [0.3, 0.4) is 0 Å². The minimum atomic E-state index is -1.02. The normalized spacial score (nSPS) is 9.74. The van der Waals surface area contributed by atoms with Gasteiger partial charge in [-0.1, -0.05) is 12.1 Å². The fraction of sp³-hybridized carbons (Fsp3) is 0.250. The van der Waals surface area contributed by atoms with Gasteiger partial charge in [0.1, 0.15) is 0 Å². The largest absolute Gasteiger partial charge is 0.478 e. The molecule has 0 bridgehead atoms. The molecule has 0 spiro atoms. The van der Waals surface area contributed by atoms with E-state index in [2.05, 4.69) is 10.6 Å². The minimum Gasteiger partial charge on any atom is -0.478 e. The van der Waals surface area contributed by atoms with Crippen molar-refractivity contribution in [2.24, 2.45) is 5.73 Å². The Kier molecular flexibility index (Phi) is 5.49. The number of carboxylic acids is 1. The van der Waals surface area contributed by atoms with E-state index in [-0.39, 0.29) is 31.1 Å². The number of rotatable bonds is 6. The van der Waals surface area contributed by atoms with Crippen LogP contribution < -0.4 is 16.4 Å². The first-order chi connectivity index (χ1) is 9.02. The SMILES string of the molecule is NCC(=O)NCC(=O)NCc1cccc(C(=O)O)c1. The number of carbonyl (C=O) groups excluding carboxylic acids is 2. The van der Waals surface area contributed by atoms with Gasteiger partial charge in [0, 0.05) is 6.54 Å². The van der Waals surface area contributed by atoms with Gasteiger partial charge in [-0.15, -0.1) is 0 Å². The number of carbonyl (C=O) groups is 3. The zero-order valence-corrected chi connectivity index (χ0v) is 10.2. The molecule has 1 aromatic carbocycles. The second kappa shape index (κ2) is 7.12. The van der Waals surface area contributed by atoms with Crippen molar-refractivity contribution in [1.82, 2.24) is 10.6 Å². The fourth-order valence-corrected chi connectivity index (χ4v) is 1.33. The van der Waals surface area contributed by atoms with Crippen molar-refractivity contribution in [2.45, 2.75) is 6.54 Å². The quantitative estimate of drug-likeness (QED) is 0.529. The van der Waals surface area contributed by atoms with E-state index < -0.39 is 11.9 Å². The molecule has 1 aromatic rings. The first-order valence-corrected chi connectivity index (χ1v) is 5.58. The lowest BCUT2D eigenvalue weighted by atomic mass is 10.1. The number of hydrogen-bond donors (Lipinski definition) is 4. The predicted octanol–water partition coefficient (Wildman–Crippen LogP) is -0.924. The first-order valence-electron chi connectivity index (χ1n) is 5.58. The third-order valence-corrected chi connectivity index (χ3v) is 2.30. The molecule has 102 valence electrons. The highest BCUT2D eigenvalue weighted by Gasteiger charge is 2.06.